The van der Waals surface area contributed by atoms with E-state index in [0.29, 0.717) is 23.9 Å². The minimum absolute atomic E-state index is 0.204. The Hall–Kier alpha value is -1.69. The van der Waals surface area contributed by atoms with Gasteiger partial charge < -0.3 is 4.90 Å². The largest absolute Gasteiger partial charge is 0.337 e. The van der Waals surface area contributed by atoms with Crippen molar-refractivity contribution in [3.63, 3.8) is 0 Å². The third kappa shape index (κ3) is 2.90. The van der Waals surface area contributed by atoms with E-state index in [1.807, 2.05) is 6.07 Å². The Kier molecular flexibility index (Phi) is 3.56. The number of halogens is 1. The first-order valence-electron chi connectivity index (χ1n) is 6.81. The molecule has 0 spiro atoms. The zero-order chi connectivity index (χ0) is 14.1. The second-order valence-electron chi connectivity index (χ2n) is 5.43. The Morgan fingerprint density at radius 2 is 2.15 bits per heavy atom. The van der Waals surface area contributed by atoms with Crippen LogP contribution >= 0.6 is 11.6 Å². The van der Waals surface area contributed by atoms with Crippen molar-refractivity contribution in [1.29, 1.82) is 0 Å². The summed E-state index contributed by atoms with van der Waals surface area (Å²) in [7, 11) is 0. The summed E-state index contributed by atoms with van der Waals surface area (Å²) in [5.74, 6) is 1.64. The van der Waals surface area contributed by atoms with E-state index in [0.717, 1.165) is 6.54 Å². The van der Waals surface area contributed by atoms with Crippen LogP contribution in [0.5, 0.6) is 0 Å². The molecule has 2 heterocycles. The number of nitrogens with zero attached hydrogens (tertiary/aromatic N) is 6. The Bertz CT molecular complexity index is 579. The van der Waals surface area contributed by atoms with Crippen LogP contribution in [-0.2, 0) is 0 Å². The van der Waals surface area contributed by atoms with E-state index in [2.05, 4.69) is 38.8 Å². The van der Waals surface area contributed by atoms with E-state index in [9.17, 15) is 0 Å². The maximum atomic E-state index is 6.04. The molecule has 0 bridgehead atoms. The second-order valence-corrected chi connectivity index (χ2v) is 5.77. The van der Waals surface area contributed by atoms with Gasteiger partial charge in [0.15, 0.2) is 0 Å². The van der Waals surface area contributed by atoms with E-state index >= 15 is 0 Å². The number of aromatic nitrogens is 5. The Morgan fingerprint density at radius 1 is 1.35 bits per heavy atom. The van der Waals surface area contributed by atoms with Crippen molar-refractivity contribution in [2.24, 2.45) is 5.92 Å². The molecule has 1 saturated carbocycles. The normalized spacial score (nSPS) is 14.8. The van der Waals surface area contributed by atoms with Gasteiger partial charge in [-0.25, -0.2) is 4.68 Å². The molecule has 0 radical (unpaired) electrons. The van der Waals surface area contributed by atoms with Crippen LogP contribution in [0.1, 0.15) is 26.7 Å². The van der Waals surface area contributed by atoms with Gasteiger partial charge >= 0.3 is 0 Å². The molecule has 0 aliphatic heterocycles. The number of hydrogen-bond donors (Lipinski definition) is 0. The summed E-state index contributed by atoms with van der Waals surface area (Å²) in [4.78, 5) is 15.2. The van der Waals surface area contributed by atoms with E-state index in [1.165, 1.54) is 12.8 Å². The third-order valence-corrected chi connectivity index (χ3v) is 3.27. The van der Waals surface area contributed by atoms with E-state index in [4.69, 9.17) is 11.6 Å². The molecule has 0 aromatic carbocycles. The fourth-order valence-corrected chi connectivity index (χ4v) is 2.27. The Labute approximate surface area is 122 Å². The van der Waals surface area contributed by atoms with Crippen molar-refractivity contribution in [3.8, 4) is 5.95 Å². The fourth-order valence-electron chi connectivity index (χ4n) is 2.12. The first-order valence-corrected chi connectivity index (χ1v) is 7.19. The summed E-state index contributed by atoms with van der Waals surface area (Å²) in [6.45, 7) is 5.29. The van der Waals surface area contributed by atoms with Crippen LogP contribution in [0.4, 0.5) is 5.95 Å². The zero-order valence-corrected chi connectivity index (χ0v) is 12.3. The van der Waals surface area contributed by atoms with Crippen molar-refractivity contribution in [3.05, 3.63) is 23.7 Å². The highest BCUT2D eigenvalue weighted by atomic mass is 35.5. The molecule has 0 unspecified atom stereocenters. The van der Waals surface area contributed by atoms with Crippen molar-refractivity contribution in [2.75, 3.05) is 11.4 Å². The number of hydrogen-bond acceptors (Lipinski definition) is 5. The standard InChI is InChI=1S/C13H17ClN6/c1-9(2)8-19(10-4-5-10)12-16-11(14)17-13(18-12)20-7-3-6-15-20/h3,6-7,9-10H,4-5,8H2,1-2H3. The van der Waals surface area contributed by atoms with Gasteiger partial charge in [0.25, 0.3) is 5.95 Å². The first kappa shape index (κ1) is 13.3. The molecule has 1 fully saturated rings. The van der Waals surface area contributed by atoms with Gasteiger partial charge in [0.05, 0.1) is 0 Å². The van der Waals surface area contributed by atoms with Crippen molar-refractivity contribution in [1.82, 2.24) is 24.7 Å². The molecule has 7 heteroatoms. The van der Waals surface area contributed by atoms with E-state index in [-0.39, 0.29) is 5.28 Å². The van der Waals surface area contributed by atoms with Crippen LogP contribution in [0, 0.1) is 5.92 Å². The lowest BCUT2D eigenvalue weighted by Crippen LogP contribution is -2.32. The molecule has 6 nitrogen and oxygen atoms in total. The number of rotatable bonds is 5. The predicted octanol–water partition coefficient (Wildman–Crippen LogP) is 2.34. The minimum Gasteiger partial charge on any atom is -0.337 e. The van der Waals surface area contributed by atoms with E-state index < -0.39 is 0 Å². The molecular formula is C13H17ClN6. The Morgan fingerprint density at radius 3 is 2.75 bits per heavy atom. The molecule has 1 aliphatic carbocycles. The van der Waals surface area contributed by atoms with Gasteiger partial charge in [0.2, 0.25) is 11.2 Å². The van der Waals surface area contributed by atoms with Crippen molar-refractivity contribution in [2.45, 2.75) is 32.7 Å². The molecule has 2 aromatic rings. The van der Waals surface area contributed by atoms with Crippen LogP contribution in [0.3, 0.4) is 0 Å². The fraction of sp³-hybridized carbons (Fsp3) is 0.538. The summed E-state index contributed by atoms with van der Waals surface area (Å²) >= 11 is 6.04. The van der Waals surface area contributed by atoms with Crippen molar-refractivity contribution < 1.29 is 0 Å². The van der Waals surface area contributed by atoms with Crippen LogP contribution in [0.15, 0.2) is 18.5 Å². The van der Waals surface area contributed by atoms with Crippen LogP contribution in [0.25, 0.3) is 5.95 Å². The zero-order valence-electron chi connectivity index (χ0n) is 11.6. The molecule has 20 heavy (non-hydrogen) atoms. The highest BCUT2D eigenvalue weighted by molar-refractivity contribution is 6.28. The lowest BCUT2D eigenvalue weighted by molar-refractivity contribution is 0.594. The van der Waals surface area contributed by atoms with Gasteiger partial charge in [-0.15, -0.1) is 0 Å². The monoisotopic (exact) mass is 292 g/mol. The topological polar surface area (TPSA) is 59.7 Å². The lowest BCUT2D eigenvalue weighted by Gasteiger charge is -2.24. The highest BCUT2D eigenvalue weighted by Crippen LogP contribution is 2.31. The lowest BCUT2D eigenvalue weighted by atomic mass is 10.2. The smallest absolute Gasteiger partial charge is 0.256 e. The molecular weight excluding hydrogens is 276 g/mol. The molecule has 3 rings (SSSR count). The quantitative estimate of drug-likeness (QED) is 0.846. The summed E-state index contributed by atoms with van der Waals surface area (Å²) in [5, 5.41) is 4.34. The number of anilines is 1. The average Bonchev–Trinajstić information content (AvgIpc) is 3.08. The second kappa shape index (κ2) is 5.36. The summed E-state index contributed by atoms with van der Waals surface area (Å²) in [5.41, 5.74) is 0. The minimum atomic E-state index is 0.204. The molecule has 0 N–H and O–H groups in total. The maximum absolute atomic E-state index is 6.04. The van der Waals surface area contributed by atoms with Gasteiger partial charge in [0, 0.05) is 25.0 Å². The Balaban J connectivity index is 1.95. The maximum Gasteiger partial charge on any atom is 0.256 e. The van der Waals surface area contributed by atoms with Crippen LogP contribution in [0.2, 0.25) is 5.28 Å². The van der Waals surface area contributed by atoms with Crippen LogP contribution in [-0.4, -0.2) is 37.3 Å². The van der Waals surface area contributed by atoms with Gasteiger partial charge in [0.1, 0.15) is 0 Å². The van der Waals surface area contributed by atoms with Gasteiger partial charge in [-0.1, -0.05) is 13.8 Å². The SMILES string of the molecule is CC(C)CN(c1nc(Cl)nc(-n2cccn2)n1)C1CC1. The molecule has 0 saturated heterocycles. The third-order valence-electron chi connectivity index (χ3n) is 3.10. The van der Waals surface area contributed by atoms with Gasteiger partial charge in [-0.05, 0) is 36.4 Å². The van der Waals surface area contributed by atoms with E-state index in [1.54, 1.807) is 17.1 Å². The first-order chi connectivity index (χ1) is 9.63. The summed E-state index contributed by atoms with van der Waals surface area (Å²) < 4.78 is 1.59. The summed E-state index contributed by atoms with van der Waals surface area (Å²) in [6, 6.07) is 2.35. The van der Waals surface area contributed by atoms with Crippen LogP contribution < -0.4 is 4.90 Å². The molecule has 0 atom stereocenters. The molecule has 0 amide bonds. The van der Waals surface area contributed by atoms with Gasteiger partial charge in [-0.3, -0.25) is 0 Å². The highest BCUT2D eigenvalue weighted by Gasteiger charge is 2.31. The molecule has 2 aromatic heterocycles. The van der Waals surface area contributed by atoms with Crippen molar-refractivity contribution >= 4 is 17.5 Å². The molecule has 106 valence electrons. The van der Waals surface area contributed by atoms with Gasteiger partial charge in [-0.2, -0.15) is 20.1 Å². The summed E-state index contributed by atoms with van der Waals surface area (Å²) in [6.07, 6.45) is 5.85. The average molecular weight is 293 g/mol. The predicted molar refractivity (Wildman–Crippen MR) is 77.2 cm³/mol. The molecule has 1 aliphatic rings.